The van der Waals surface area contributed by atoms with Crippen LogP contribution in [0.4, 0.5) is 23.3 Å². The van der Waals surface area contributed by atoms with Crippen molar-refractivity contribution in [2.24, 2.45) is 0 Å². The van der Waals surface area contributed by atoms with Crippen molar-refractivity contribution in [3.05, 3.63) is 155 Å². The number of morpholine rings is 2. The Morgan fingerprint density at radius 2 is 1.01 bits per heavy atom. The molecule has 0 atom stereocenters. The summed E-state index contributed by atoms with van der Waals surface area (Å²) in [6, 6.07) is 26.3. The van der Waals surface area contributed by atoms with Crippen molar-refractivity contribution in [2.75, 3.05) is 129 Å². The van der Waals surface area contributed by atoms with Gasteiger partial charge in [0.2, 0.25) is 23.0 Å². The van der Waals surface area contributed by atoms with Gasteiger partial charge >= 0.3 is 0 Å². The molecule has 2 aliphatic heterocycles. The standard InChI is InChI=1S/C32H33ClN8O4.C29H31ClN8O3.C3H3ClO/c1-4-28(42)36-22-7-5-20(6-8-22)15-27-37-31-25(24-17-23(43-2)18-26(44-3)29(24)33)16-21-19-35-32(38-30(21)41(31)39-27)34-9-10-40-11-13-45-14-12-40;1-39-21-15-22(26(30)24(16-21)40-2)23-14-19-17-33-29(32-7-8-37-9-11-41-12-10-37)35-27(19)38-28(23)34-25(36-38)13-18-3-5-20(31)6-4-18;1-2-3(4)5/h4-8,16-19H,1,9-15H2,2-3H3,(H,36,42)(H,34,35,38);3-6,14-17H,7-13,31H2,1-2H3,(H,32,33,35);2H,1H2. The van der Waals surface area contributed by atoms with Gasteiger partial charge in [0.1, 0.15) is 23.0 Å². The number of methoxy groups -OCH3 is 4. The summed E-state index contributed by atoms with van der Waals surface area (Å²) in [6.07, 6.45) is 6.80. The molecule has 2 aliphatic rings. The highest BCUT2D eigenvalue weighted by Gasteiger charge is 2.24. The van der Waals surface area contributed by atoms with Crippen LogP contribution in [-0.4, -0.2) is 177 Å². The first-order valence-electron chi connectivity index (χ1n) is 29.0. The van der Waals surface area contributed by atoms with E-state index < -0.39 is 5.24 Å². The van der Waals surface area contributed by atoms with Crippen LogP contribution in [0.15, 0.2) is 123 Å². The number of carbonyl (C=O) groups is 2. The van der Waals surface area contributed by atoms with Crippen LogP contribution in [0, 0.1) is 0 Å². The van der Waals surface area contributed by atoms with E-state index in [4.69, 9.17) is 99.1 Å². The molecule has 2 fully saturated rings. The van der Waals surface area contributed by atoms with E-state index in [1.54, 1.807) is 62.0 Å². The molecule has 0 aliphatic carbocycles. The first-order chi connectivity index (χ1) is 44.2. The monoisotopic (exact) mass is 1290 g/mol. The molecule has 0 radical (unpaired) electrons. The van der Waals surface area contributed by atoms with E-state index in [-0.39, 0.29) is 5.91 Å². The number of rotatable bonds is 21. The van der Waals surface area contributed by atoms with Gasteiger partial charge in [0.15, 0.2) is 34.2 Å². The number of pyridine rings is 2. The van der Waals surface area contributed by atoms with Crippen molar-refractivity contribution in [3.8, 4) is 45.3 Å². The molecule has 2 saturated heterocycles. The normalized spacial score (nSPS) is 13.4. The maximum Gasteiger partial charge on any atom is 0.247 e. The molecule has 0 bridgehead atoms. The minimum absolute atomic E-state index is 0.269. The fourth-order valence-corrected chi connectivity index (χ4v) is 10.7. The van der Waals surface area contributed by atoms with Crippen molar-refractivity contribution in [1.29, 1.82) is 0 Å². The number of benzene rings is 4. The Balaban J connectivity index is 0.000000187. The predicted octanol–water partition coefficient (Wildman–Crippen LogP) is 9.33. The largest absolute Gasteiger partial charge is 0.497 e. The lowest BCUT2D eigenvalue weighted by molar-refractivity contribution is -0.112. The third-order valence-electron chi connectivity index (χ3n) is 14.8. The molecule has 12 rings (SSSR count). The zero-order chi connectivity index (χ0) is 64.0. The molecule has 4 aromatic carbocycles. The number of hydrogen-bond donors (Lipinski definition) is 4. The lowest BCUT2D eigenvalue weighted by Gasteiger charge is -2.26. The topological polar surface area (TPSA) is 270 Å². The minimum atomic E-state index is -0.509. The zero-order valence-electron chi connectivity index (χ0n) is 50.5. The molecule has 0 unspecified atom stereocenters. The first-order valence-corrected chi connectivity index (χ1v) is 30.1. The maximum absolute atomic E-state index is 11.7. The SMILES string of the molecule is C=CC(=O)Cl.C=CC(=O)Nc1ccc(Cc2nc3c(-c4cc(OC)cc(OC)c4Cl)cc4cnc(NCCN5CCOCC5)nc4n3n2)cc1.COc1cc(OC)c(Cl)c(-c2cc3cnc(NCCN4CCOCC4)nc3n3nc(Cc4ccc(N)cc4)nc23)c1. The van der Waals surface area contributed by atoms with Gasteiger partial charge in [-0.3, -0.25) is 19.4 Å². The highest BCUT2D eigenvalue weighted by molar-refractivity contribution is 6.66. The summed E-state index contributed by atoms with van der Waals surface area (Å²) in [5.74, 6) is 4.14. The first kappa shape index (κ1) is 64.7. The third kappa shape index (κ3) is 16.0. The van der Waals surface area contributed by atoms with Gasteiger partial charge in [0, 0.05) is 134 Å². The van der Waals surface area contributed by atoms with E-state index >= 15 is 0 Å². The van der Waals surface area contributed by atoms with Crippen LogP contribution < -0.4 is 40.6 Å². The molecule has 10 aromatic rings. The number of nitrogens with zero attached hydrogens (tertiary/aromatic N) is 12. The van der Waals surface area contributed by atoms with Gasteiger partial charge in [-0.1, -0.05) is 60.6 Å². The molecule has 0 spiro atoms. The Morgan fingerprint density at radius 1 is 0.582 bits per heavy atom. The predicted molar refractivity (Wildman–Crippen MR) is 354 cm³/mol. The Kier molecular flexibility index (Phi) is 21.7. The maximum atomic E-state index is 11.7. The molecule has 8 heterocycles. The Morgan fingerprint density at radius 3 is 1.41 bits per heavy atom. The van der Waals surface area contributed by atoms with E-state index in [9.17, 15) is 9.59 Å². The van der Waals surface area contributed by atoms with Crippen LogP contribution in [0.5, 0.6) is 23.0 Å². The molecule has 0 saturated carbocycles. The summed E-state index contributed by atoms with van der Waals surface area (Å²) in [4.78, 5) is 54.6. The van der Waals surface area contributed by atoms with Gasteiger partial charge in [-0.15, -0.1) is 10.2 Å². The Hall–Kier alpha value is -9.27. The second-order valence-electron chi connectivity index (χ2n) is 20.7. The summed E-state index contributed by atoms with van der Waals surface area (Å²) < 4.78 is 36.5. The van der Waals surface area contributed by atoms with Crippen molar-refractivity contribution in [2.45, 2.75) is 12.8 Å². The summed E-state index contributed by atoms with van der Waals surface area (Å²) >= 11 is 18.4. The van der Waals surface area contributed by atoms with Crippen LogP contribution in [0.25, 0.3) is 55.6 Å². The van der Waals surface area contributed by atoms with Crippen molar-refractivity contribution in [3.63, 3.8) is 0 Å². The van der Waals surface area contributed by atoms with E-state index in [0.29, 0.717) is 128 Å². The number of nitrogens with two attached hydrogens (primary N) is 1. The molecular formula is C64H67Cl3N16O8. The van der Waals surface area contributed by atoms with Crippen LogP contribution in [0.3, 0.4) is 0 Å². The van der Waals surface area contributed by atoms with Crippen molar-refractivity contribution in [1.82, 2.24) is 58.9 Å². The van der Waals surface area contributed by atoms with Crippen LogP contribution in [0.1, 0.15) is 22.8 Å². The summed E-state index contributed by atoms with van der Waals surface area (Å²) in [5, 5.41) is 21.1. The van der Waals surface area contributed by atoms with Gasteiger partial charge in [0.05, 0.1) is 64.9 Å². The second-order valence-corrected chi connectivity index (χ2v) is 21.9. The quantitative estimate of drug-likeness (QED) is 0.0296. The van der Waals surface area contributed by atoms with E-state index in [0.717, 1.165) is 105 Å². The van der Waals surface area contributed by atoms with Gasteiger partial charge < -0.3 is 50.1 Å². The number of anilines is 4. The number of halogens is 3. The molecule has 27 heteroatoms. The highest BCUT2D eigenvalue weighted by atomic mass is 35.5. The summed E-state index contributed by atoms with van der Waals surface area (Å²) in [5.41, 5.74) is 14.5. The molecule has 24 nitrogen and oxygen atoms in total. The fourth-order valence-electron chi connectivity index (χ4n) is 10.1. The van der Waals surface area contributed by atoms with Crippen LogP contribution >= 0.6 is 34.8 Å². The number of nitrogens with one attached hydrogen (secondary N) is 3. The lowest BCUT2D eigenvalue weighted by Crippen LogP contribution is -2.39. The fraction of sp³-hybridized carbons (Fsp3) is 0.281. The molecule has 91 heavy (non-hydrogen) atoms. The number of hydrogen-bond acceptors (Lipinski definition) is 21. The lowest BCUT2D eigenvalue weighted by atomic mass is 10.0. The molecule has 5 N–H and O–H groups in total. The third-order valence-corrected chi connectivity index (χ3v) is 15.7. The van der Waals surface area contributed by atoms with Gasteiger partial charge in [-0.25, -0.2) is 19.9 Å². The second kappa shape index (κ2) is 30.5. The number of ether oxygens (including phenoxy) is 6. The zero-order valence-corrected chi connectivity index (χ0v) is 52.8. The highest BCUT2D eigenvalue weighted by Crippen LogP contribution is 2.43. The minimum Gasteiger partial charge on any atom is -0.497 e. The Labute approximate surface area is 539 Å². The molecule has 472 valence electrons. The van der Waals surface area contributed by atoms with Crippen molar-refractivity contribution >= 4 is 103 Å². The van der Waals surface area contributed by atoms with Crippen LogP contribution in [-0.2, 0) is 31.9 Å². The average Bonchev–Trinajstić information content (AvgIpc) is 1.92. The molecule has 6 aromatic heterocycles. The number of aromatic nitrogens is 10. The smallest absolute Gasteiger partial charge is 0.247 e. The number of nitrogen functional groups attached to an aromatic ring is 1. The number of amides is 1. The van der Waals surface area contributed by atoms with Gasteiger partial charge in [0.25, 0.3) is 0 Å². The molecule has 1 amide bonds. The Bertz CT molecular complexity index is 4240. The number of fused-ring (bicyclic) bond motifs is 6. The van der Waals surface area contributed by atoms with E-state index in [1.165, 1.54) is 6.08 Å². The van der Waals surface area contributed by atoms with Gasteiger partial charge in [-0.05, 0) is 83.4 Å². The summed E-state index contributed by atoms with van der Waals surface area (Å²) in [6.45, 7) is 16.4. The number of carbonyl (C=O) groups excluding carboxylic acids is 2. The number of allylic oxidation sites excluding steroid dienone is 1. The molecular weight excluding hydrogens is 1230 g/mol. The summed E-state index contributed by atoms with van der Waals surface area (Å²) in [7, 11) is 6.33. The van der Waals surface area contributed by atoms with Gasteiger partial charge in [-0.2, -0.15) is 19.0 Å². The average molecular weight is 1290 g/mol. The van der Waals surface area contributed by atoms with E-state index in [2.05, 4.69) is 48.9 Å². The van der Waals surface area contributed by atoms with E-state index in [1.807, 2.05) is 72.8 Å². The van der Waals surface area contributed by atoms with Crippen LogP contribution in [0.2, 0.25) is 10.0 Å². The van der Waals surface area contributed by atoms with Crippen molar-refractivity contribution < 1.29 is 38.0 Å².